The summed E-state index contributed by atoms with van der Waals surface area (Å²) < 4.78 is 1.86. The highest BCUT2D eigenvalue weighted by molar-refractivity contribution is 5.21. The lowest BCUT2D eigenvalue weighted by molar-refractivity contribution is -0.0137. The lowest BCUT2D eigenvalue weighted by Crippen LogP contribution is -2.33. The predicted octanol–water partition coefficient (Wildman–Crippen LogP) is 3.23. The molecule has 1 heterocycles. The van der Waals surface area contributed by atoms with Crippen molar-refractivity contribution in [3.05, 3.63) is 47.8 Å². The summed E-state index contributed by atoms with van der Waals surface area (Å²) in [7, 11) is 0. The molecule has 1 aromatic heterocycles. The molecule has 1 aliphatic rings. The van der Waals surface area contributed by atoms with Gasteiger partial charge in [0.2, 0.25) is 0 Å². The molecule has 0 amide bonds. The van der Waals surface area contributed by atoms with Gasteiger partial charge in [-0.3, -0.25) is 0 Å². The summed E-state index contributed by atoms with van der Waals surface area (Å²) in [6.45, 7) is 2.93. The van der Waals surface area contributed by atoms with E-state index in [1.807, 2.05) is 4.68 Å². The topological polar surface area (TPSA) is 50.9 Å². The van der Waals surface area contributed by atoms with E-state index in [1.54, 1.807) is 6.20 Å². The predicted molar refractivity (Wildman–Crippen MR) is 81.9 cm³/mol. The highest BCUT2D eigenvalue weighted by atomic mass is 16.3. The van der Waals surface area contributed by atoms with Gasteiger partial charge in [0, 0.05) is 6.54 Å². The first-order valence-corrected chi connectivity index (χ1v) is 7.89. The first-order chi connectivity index (χ1) is 10.2. The van der Waals surface area contributed by atoms with Crippen LogP contribution in [0, 0.1) is 0 Å². The number of nitrogens with zero attached hydrogens (tertiary/aromatic N) is 3. The molecule has 0 bridgehead atoms. The summed E-state index contributed by atoms with van der Waals surface area (Å²) in [6, 6.07) is 10.6. The second kappa shape index (κ2) is 5.98. The largest absolute Gasteiger partial charge is 0.384 e. The van der Waals surface area contributed by atoms with E-state index in [0.29, 0.717) is 5.92 Å². The van der Waals surface area contributed by atoms with Gasteiger partial charge in [-0.2, -0.15) is 0 Å². The zero-order valence-corrected chi connectivity index (χ0v) is 12.6. The SMILES string of the molecule is CCCn1nncc1C1(O)CCC(c2ccccc2)CC1. The van der Waals surface area contributed by atoms with E-state index in [1.165, 1.54) is 5.56 Å². The maximum atomic E-state index is 11.0. The Morgan fingerprint density at radius 1 is 1.24 bits per heavy atom. The second-order valence-electron chi connectivity index (χ2n) is 6.06. The van der Waals surface area contributed by atoms with Crippen molar-refractivity contribution in [2.45, 2.75) is 57.1 Å². The smallest absolute Gasteiger partial charge is 0.108 e. The van der Waals surface area contributed by atoms with Crippen molar-refractivity contribution in [3.63, 3.8) is 0 Å². The van der Waals surface area contributed by atoms with Gasteiger partial charge >= 0.3 is 0 Å². The number of benzene rings is 1. The molecule has 21 heavy (non-hydrogen) atoms. The quantitative estimate of drug-likeness (QED) is 0.938. The van der Waals surface area contributed by atoms with Crippen LogP contribution in [0.5, 0.6) is 0 Å². The summed E-state index contributed by atoms with van der Waals surface area (Å²) >= 11 is 0. The summed E-state index contributed by atoms with van der Waals surface area (Å²) in [4.78, 5) is 0. The average Bonchev–Trinajstić information content (AvgIpc) is 2.98. The van der Waals surface area contributed by atoms with Crippen LogP contribution in [0.1, 0.15) is 56.2 Å². The van der Waals surface area contributed by atoms with Gasteiger partial charge in [0.25, 0.3) is 0 Å². The second-order valence-corrected chi connectivity index (χ2v) is 6.06. The number of rotatable bonds is 4. The fraction of sp³-hybridized carbons (Fsp3) is 0.529. The van der Waals surface area contributed by atoms with E-state index in [2.05, 4.69) is 47.6 Å². The summed E-state index contributed by atoms with van der Waals surface area (Å²) in [5.74, 6) is 0.557. The zero-order chi connectivity index (χ0) is 14.7. The van der Waals surface area contributed by atoms with Crippen LogP contribution in [0.25, 0.3) is 0 Å². The van der Waals surface area contributed by atoms with Crippen LogP contribution in [-0.2, 0) is 12.1 Å². The minimum Gasteiger partial charge on any atom is -0.384 e. The fourth-order valence-electron chi connectivity index (χ4n) is 3.41. The summed E-state index contributed by atoms with van der Waals surface area (Å²) in [5, 5.41) is 19.1. The van der Waals surface area contributed by atoms with Gasteiger partial charge in [-0.05, 0) is 43.6 Å². The molecule has 3 rings (SSSR count). The Kier molecular flexibility index (Phi) is 4.06. The standard InChI is InChI=1S/C17H23N3O/c1-2-12-20-16(13-18-19-20)17(21)10-8-15(9-11-17)14-6-4-3-5-7-14/h3-7,13,15,21H,2,8-12H2,1H3. The van der Waals surface area contributed by atoms with E-state index in [0.717, 1.165) is 44.3 Å². The maximum absolute atomic E-state index is 11.0. The van der Waals surface area contributed by atoms with Gasteiger partial charge in [0.15, 0.2) is 0 Å². The van der Waals surface area contributed by atoms with Crippen molar-refractivity contribution in [1.29, 1.82) is 0 Å². The van der Waals surface area contributed by atoms with Crippen LogP contribution in [-0.4, -0.2) is 20.1 Å². The van der Waals surface area contributed by atoms with Gasteiger partial charge in [-0.15, -0.1) is 5.10 Å². The molecule has 0 aliphatic heterocycles. The molecule has 0 unspecified atom stereocenters. The van der Waals surface area contributed by atoms with Crippen LogP contribution in [0.3, 0.4) is 0 Å². The number of hydrogen-bond donors (Lipinski definition) is 1. The molecule has 0 saturated heterocycles. The van der Waals surface area contributed by atoms with Gasteiger partial charge < -0.3 is 5.11 Å². The molecule has 4 heteroatoms. The third-order valence-electron chi connectivity index (χ3n) is 4.61. The van der Waals surface area contributed by atoms with Gasteiger partial charge in [0.05, 0.1) is 11.9 Å². The molecule has 1 N–H and O–H groups in total. The van der Waals surface area contributed by atoms with Crippen molar-refractivity contribution in [2.24, 2.45) is 0 Å². The van der Waals surface area contributed by atoms with E-state index in [-0.39, 0.29) is 0 Å². The van der Waals surface area contributed by atoms with Crippen LogP contribution < -0.4 is 0 Å². The Hall–Kier alpha value is -1.68. The average molecular weight is 285 g/mol. The molecule has 0 atom stereocenters. The molecule has 1 saturated carbocycles. The van der Waals surface area contributed by atoms with Gasteiger partial charge in [-0.1, -0.05) is 42.5 Å². The highest BCUT2D eigenvalue weighted by Crippen LogP contribution is 2.42. The van der Waals surface area contributed by atoms with Crippen LogP contribution in [0.15, 0.2) is 36.5 Å². The summed E-state index contributed by atoms with van der Waals surface area (Å²) in [6.07, 6.45) is 6.32. The Morgan fingerprint density at radius 3 is 2.62 bits per heavy atom. The molecule has 1 aliphatic carbocycles. The van der Waals surface area contributed by atoms with Gasteiger partial charge in [-0.25, -0.2) is 4.68 Å². The van der Waals surface area contributed by atoms with Crippen LogP contribution >= 0.6 is 0 Å². The maximum Gasteiger partial charge on any atom is 0.108 e. The lowest BCUT2D eigenvalue weighted by Gasteiger charge is -2.36. The van der Waals surface area contributed by atoms with E-state index in [9.17, 15) is 5.11 Å². The Balaban J connectivity index is 1.73. The molecule has 112 valence electrons. The minimum atomic E-state index is -0.760. The minimum absolute atomic E-state index is 0.557. The van der Waals surface area contributed by atoms with Crippen LogP contribution in [0.2, 0.25) is 0 Å². The third-order valence-corrected chi connectivity index (χ3v) is 4.61. The number of aryl methyl sites for hydroxylation is 1. The zero-order valence-electron chi connectivity index (χ0n) is 12.6. The highest BCUT2D eigenvalue weighted by Gasteiger charge is 2.37. The number of hydrogen-bond acceptors (Lipinski definition) is 3. The van der Waals surface area contributed by atoms with Crippen molar-refractivity contribution >= 4 is 0 Å². The van der Waals surface area contributed by atoms with Crippen molar-refractivity contribution in [3.8, 4) is 0 Å². The van der Waals surface area contributed by atoms with Crippen molar-refractivity contribution < 1.29 is 5.11 Å². The number of aromatic nitrogens is 3. The third kappa shape index (κ3) is 2.86. The monoisotopic (exact) mass is 285 g/mol. The Morgan fingerprint density at radius 2 is 1.95 bits per heavy atom. The first-order valence-electron chi connectivity index (χ1n) is 7.89. The van der Waals surface area contributed by atoms with Crippen molar-refractivity contribution in [1.82, 2.24) is 15.0 Å². The fourth-order valence-corrected chi connectivity index (χ4v) is 3.41. The molecule has 0 spiro atoms. The number of aliphatic hydroxyl groups is 1. The molecule has 1 aromatic carbocycles. The first kappa shape index (κ1) is 14.3. The molecule has 2 aromatic rings. The molecular formula is C17H23N3O. The van der Waals surface area contributed by atoms with Crippen molar-refractivity contribution in [2.75, 3.05) is 0 Å². The normalized spacial score (nSPS) is 25.9. The Bertz CT molecular complexity index is 571. The van der Waals surface area contributed by atoms with E-state index < -0.39 is 5.60 Å². The van der Waals surface area contributed by atoms with E-state index in [4.69, 9.17) is 0 Å². The van der Waals surface area contributed by atoms with Crippen LogP contribution in [0.4, 0.5) is 0 Å². The van der Waals surface area contributed by atoms with E-state index >= 15 is 0 Å². The Labute approximate surface area is 125 Å². The molecule has 1 fully saturated rings. The molecular weight excluding hydrogens is 262 g/mol. The molecule has 0 radical (unpaired) electrons. The van der Waals surface area contributed by atoms with Gasteiger partial charge in [0.1, 0.15) is 5.60 Å². The molecule has 4 nitrogen and oxygen atoms in total. The summed E-state index contributed by atoms with van der Waals surface area (Å²) in [5.41, 5.74) is 1.51. The lowest BCUT2D eigenvalue weighted by atomic mass is 9.75.